The third-order valence-electron chi connectivity index (χ3n) is 15.0. The quantitative estimate of drug-likeness (QED) is 0.330. The minimum atomic E-state index is -0.763. The van der Waals surface area contributed by atoms with Gasteiger partial charge in [0.05, 0.1) is 11.0 Å². The van der Waals surface area contributed by atoms with Crippen LogP contribution in [0.5, 0.6) is 0 Å². The number of amides is 1. The molecule has 0 bridgehead atoms. The SMILES string of the molecule is CC(=O)O[C@H]1CC[C@]2(C)[C@H]3CC[C@@H]4C5=C(C(C)C)C(=O)C[C@]5(C(=O)NC(C)(C)c5ccccc5)CC[C@@]4(C)[C@]3(C)CC[C@H]2C1(C)C. The minimum absolute atomic E-state index is 0.000403. The molecule has 0 aromatic heterocycles. The molecule has 4 saturated carbocycles. The molecule has 0 spiro atoms. The summed E-state index contributed by atoms with van der Waals surface area (Å²) in [5, 5.41) is 3.47. The van der Waals surface area contributed by atoms with E-state index in [1.807, 2.05) is 18.2 Å². The number of Topliss-reactive ketones (excluding diaryl/α,β-unsaturated/α-hetero) is 1. The van der Waals surface area contributed by atoms with E-state index in [2.05, 4.69) is 79.8 Å². The van der Waals surface area contributed by atoms with Crippen LogP contribution in [0.3, 0.4) is 0 Å². The van der Waals surface area contributed by atoms with Gasteiger partial charge < -0.3 is 10.1 Å². The number of rotatable bonds is 5. The number of esters is 1. The van der Waals surface area contributed by atoms with Crippen LogP contribution in [0.4, 0.5) is 0 Å². The van der Waals surface area contributed by atoms with Crippen molar-refractivity contribution in [3.05, 3.63) is 47.0 Å². The number of carbonyl (C=O) groups excluding carboxylic acids is 3. The zero-order chi connectivity index (χ0) is 33.7. The maximum Gasteiger partial charge on any atom is 0.302 e. The fourth-order valence-electron chi connectivity index (χ4n) is 12.6. The number of hydrogen-bond donors (Lipinski definition) is 1. The molecule has 6 rings (SSSR count). The topological polar surface area (TPSA) is 72.5 Å². The van der Waals surface area contributed by atoms with E-state index in [1.165, 1.54) is 5.57 Å². The van der Waals surface area contributed by atoms with Gasteiger partial charge >= 0.3 is 5.97 Å². The smallest absolute Gasteiger partial charge is 0.302 e. The second-order valence-electron chi connectivity index (χ2n) is 18.2. The first-order chi connectivity index (χ1) is 21.3. The van der Waals surface area contributed by atoms with Crippen molar-refractivity contribution in [3.8, 4) is 0 Å². The highest BCUT2D eigenvalue weighted by Crippen LogP contribution is 2.76. The number of benzene rings is 1. The lowest BCUT2D eigenvalue weighted by atomic mass is 9.33. The fraction of sp³-hybridized carbons (Fsp3) is 0.732. The highest BCUT2D eigenvalue weighted by Gasteiger charge is 2.71. The van der Waals surface area contributed by atoms with Crippen molar-refractivity contribution in [1.82, 2.24) is 5.32 Å². The molecular formula is C41H59NO4. The van der Waals surface area contributed by atoms with Crippen molar-refractivity contribution in [1.29, 1.82) is 0 Å². The summed E-state index contributed by atoms with van der Waals surface area (Å²) in [7, 11) is 0. The summed E-state index contributed by atoms with van der Waals surface area (Å²) < 4.78 is 5.94. The van der Waals surface area contributed by atoms with E-state index in [0.29, 0.717) is 18.3 Å². The average molecular weight is 630 g/mol. The highest BCUT2D eigenvalue weighted by atomic mass is 16.5. The van der Waals surface area contributed by atoms with Gasteiger partial charge in [0.25, 0.3) is 0 Å². The van der Waals surface area contributed by atoms with E-state index in [-0.39, 0.29) is 57.3 Å². The van der Waals surface area contributed by atoms with Gasteiger partial charge in [-0.3, -0.25) is 14.4 Å². The van der Waals surface area contributed by atoms with Crippen molar-refractivity contribution in [3.63, 3.8) is 0 Å². The van der Waals surface area contributed by atoms with Crippen molar-refractivity contribution in [2.75, 3.05) is 0 Å². The Morgan fingerprint density at radius 1 is 0.870 bits per heavy atom. The predicted octanol–water partition coefficient (Wildman–Crippen LogP) is 8.95. The molecule has 5 heteroatoms. The first kappa shape index (κ1) is 33.5. The molecule has 0 aliphatic heterocycles. The number of carbonyl (C=O) groups is 3. The molecular weight excluding hydrogens is 570 g/mol. The van der Waals surface area contributed by atoms with Crippen LogP contribution in [-0.2, 0) is 24.7 Å². The van der Waals surface area contributed by atoms with Crippen molar-refractivity contribution in [2.24, 2.45) is 50.7 Å². The van der Waals surface area contributed by atoms with Crippen LogP contribution in [0.15, 0.2) is 41.5 Å². The molecule has 5 nitrogen and oxygen atoms in total. The third-order valence-corrected chi connectivity index (χ3v) is 15.0. The Bertz CT molecular complexity index is 1460. The lowest BCUT2D eigenvalue weighted by Crippen LogP contribution is -2.66. The Labute approximate surface area is 278 Å². The molecule has 252 valence electrons. The number of nitrogens with one attached hydrogen (secondary N) is 1. The Morgan fingerprint density at radius 2 is 1.54 bits per heavy atom. The molecule has 1 aromatic carbocycles. The Kier molecular flexibility index (Phi) is 7.85. The van der Waals surface area contributed by atoms with Crippen LogP contribution in [0, 0.1) is 50.7 Å². The summed E-state index contributed by atoms with van der Waals surface area (Å²) in [4.78, 5) is 40.8. The highest BCUT2D eigenvalue weighted by molar-refractivity contribution is 6.07. The van der Waals surface area contributed by atoms with Gasteiger partial charge in [-0.05, 0) is 122 Å². The van der Waals surface area contributed by atoms with Gasteiger partial charge in [-0.25, -0.2) is 0 Å². The van der Waals surface area contributed by atoms with E-state index in [4.69, 9.17) is 4.74 Å². The largest absolute Gasteiger partial charge is 0.462 e. The maximum absolute atomic E-state index is 14.7. The number of fused-ring (bicyclic) bond motifs is 7. The second-order valence-corrected chi connectivity index (χ2v) is 18.2. The van der Waals surface area contributed by atoms with E-state index >= 15 is 0 Å². The maximum atomic E-state index is 14.7. The molecule has 5 aliphatic rings. The first-order valence-electron chi connectivity index (χ1n) is 18.2. The van der Waals surface area contributed by atoms with Crippen LogP contribution >= 0.6 is 0 Å². The lowest BCUT2D eigenvalue weighted by molar-refractivity contribution is -0.232. The molecule has 0 heterocycles. The van der Waals surface area contributed by atoms with Crippen LogP contribution < -0.4 is 5.32 Å². The summed E-state index contributed by atoms with van der Waals surface area (Å²) in [6.07, 6.45) is 8.40. The van der Waals surface area contributed by atoms with E-state index in [1.54, 1.807) is 6.92 Å². The van der Waals surface area contributed by atoms with Gasteiger partial charge in [-0.2, -0.15) is 0 Å². The molecule has 1 amide bonds. The number of hydrogen-bond acceptors (Lipinski definition) is 4. The van der Waals surface area contributed by atoms with Crippen LogP contribution in [0.1, 0.15) is 133 Å². The zero-order valence-corrected chi connectivity index (χ0v) is 30.3. The summed E-state index contributed by atoms with van der Waals surface area (Å²) in [5.74, 6) is 1.42. The van der Waals surface area contributed by atoms with Crippen LogP contribution in [-0.4, -0.2) is 23.8 Å². The monoisotopic (exact) mass is 629 g/mol. The van der Waals surface area contributed by atoms with Gasteiger partial charge in [0.1, 0.15) is 6.10 Å². The minimum Gasteiger partial charge on any atom is -0.462 e. The molecule has 4 fully saturated rings. The predicted molar refractivity (Wildman–Crippen MR) is 183 cm³/mol. The number of ketones is 1. The molecule has 46 heavy (non-hydrogen) atoms. The van der Waals surface area contributed by atoms with E-state index < -0.39 is 11.0 Å². The molecule has 0 radical (unpaired) electrons. The van der Waals surface area contributed by atoms with Gasteiger partial charge in [0, 0.05) is 18.8 Å². The molecule has 8 atom stereocenters. The molecule has 0 unspecified atom stereocenters. The molecule has 0 saturated heterocycles. The second kappa shape index (κ2) is 10.8. The fourth-order valence-corrected chi connectivity index (χ4v) is 12.6. The van der Waals surface area contributed by atoms with E-state index in [0.717, 1.165) is 62.5 Å². The molecule has 5 aliphatic carbocycles. The van der Waals surface area contributed by atoms with E-state index in [9.17, 15) is 14.4 Å². The first-order valence-corrected chi connectivity index (χ1v) is 18.2. The summed E-state index contributed by atoms with van der Waals surface area (Å²) in [5.41, 5.74) is 2.10. The Balaban J connectivity index is 1.38. The van der Waals surface area contributed by atoms with Gasteiger partial charge in [-0.15, -0.1) is 0 Å². The van der Waals surface area contributed by atoms with Crippen molar-refractivity contribution in [2.45, 2.75) is 139 Å². The summed E-state index contributed by atoms with van der Waals surface area (Å²) in [6, 6.07) is 10.2. The van der Waals surface area contributed by atoms with Crippen molar-refractivity contribution < 1.29 is 19.1 Å². The summed E-state index contributed by atoms with van der Waals surface area (Å²) in [6.45, 7) is 22.4. The Hall–Kier alpha value is -2.43. The van der Waals surface area contributed by atoms with Gasteiger partial charge in [0.2, 0.25) is 5.91 Å². The van der Waals surface area contributed by atoms with Crippen LogP contribution in [0.2, 0.25) is 0 Å². The third kappa shape index (κ3) is 4.55. The summed E-state index contributed by atoms with van der Waals surface area (Å²) >= 11 is 0. The van der Waals surface area contributed by atoms with Crippen molar-refractivity contribution >= 4 is 17.7 Å². The van der Waals surface area contributed by atoms with Crippen LogP contribution in [0.25, 0.3) is 0 Å². The Morgan fingerprint density at radius 3 is 2.17 bits per heavy atom. The standard InChI is InChI=1S/C41H59NO4/c1-25(2)33-29(44)24-41(35(45)42-37(6,7)27-14-12-11-13-15-27)23-22-39(9)28(34(33)41)16-17-31-38(8)20-19-32(46-26(3)43)36(4,5)30(38)18-21-40(31,39)10/h11-15,25,28,30-32H,16-24H2,1-10H3,(H,42,45)/t28-,30+,31-,32+,38+,39-,40-,41-/m1/s1. The van der Waals surface area contributed by atoms with Gasteiger partial charge in [0.15, 0.2) is 5.78 Å². The lowest BCUT2D eigenvalue weighted by Gasteiger charge is -2.72. The van der Waals surface area contributed by atoms with Gasteiger partial charge in [-0.1, -0.05) is 78.8 Å². The normalized spacial score (nSPS) is 40.0. The number of allylic oxidation sites excluding steroid dienone is 1. The zero-order valence-electron chi connectivity index (χ0n) is 30.3. The molecule has 1 aromatic rings. The average Bonchev–Trinajstić information content (AvgIpc) is 3.28. The number of ether oxygens (including phenoxy) is 1. The molecule has 1 N–H and O–H groups in total.